The van der Waals surface area contributed by atoms with Gasteiger partial charge in [0.25, 0.3) is 0 Å². The van der Waals surface area contributed by atoms with Crippen LogP contribution in [-0.2, 0) is 10.3 Å². The molecule has 0 aliphatic rings. The number of nitrogens with zero attached hydrogens (tertiary/aromatic N) is 3. The predicted molar refractivity (Wildman–Crippen MR) is 115 cm³/mol. The van der Waals surface area contributed by atoms with Gasteiger partial charge in [0, 0.05) is 12.3 Å². The van der Waals surface area contributed by atoms with Crippen molar-refractivity contribution in [1.82, 2.24) is 25.9 Å². The molecule has 1 amide bonds. The minimum atomic E-state index is -0.822. The monoisotopic (exact) mass is 397 g/mol. The van der Waals surface area contributed by atoms with Gasteiger partial charge in [0.15, 0.2) is 5.82 Å². The van der Waals surface area contributed by atoms with Crippen molar-refractivity contribution >= 4 is 5.91 Å². The molecule has 30 heavy (non-hydrogen) atoms. The van der Waals surface area contributed by atoms with Crippen LogP contribution in [0.25, 0.3) is 0 Å². The summed E-state index contributed by atoms with van der Waals surface area (Å²) in [6.45, 7) is 1.92. The number of aromatic nitrogens is 4. The third-order valence-electron chi connectivity index (χ3n) is 5.24. The van der Waals surface area contributed by atoms with Crippen LogP contribution in [0.15, 0.2) is 91.0 Å². The summed E-state index contributed by atoms with van der Waals surface area (Å²) < 4.78 is 0. The molecule has 0 bridgehead atoms. The van der Waals surface area contributed by atoms with E-state index >= 15 is 0 Å². The molecule has 6 nitrogen and oxygen atoms in total. The van der Waals surface area contributed by atoms with E-state index in [0.29, 0.717) is 5.82 Å². The van der Waals surface area contributed by atoms with Crippen LogP contribution >= 0.6 is 0 Å². The Hall–Kier alpha value is -3.80. The van der Waals surface area contributed by atoms with Crippen molar-refractivity contribution in [2.24, 2.45) is 0 Å². The zero-order chi connectivity index (χ0) is 20.8. The Morgan fingerprint density at radius 2 is 1.33 bits per heavy atom. The number of tetrazole rings is 1. The lowest BCUT2D eigenvalue weighted by Gasteiger charge is -2.37. The summed E-state index contributed by atoms with van der Waals surface area (Å²) in [6, 6.07) is 30.1. The van der Waals surface area contributed by atoms with Gasteiger partial charge in [-0.15, -0.1) is 10.2 Å². The Bertz CT molecular complexity index is 970. The lowest BCUT2D eigenvalue weighted by Crippen LogP contribution is -2.48. The Morgan fingerprint density at radius 3 is 1.73 bits per heavy atom. The molecule has 0 aliphatic heterocycles. The molecular formula is C24H23N5O. The van der Waals surface area contributed by atoms with Crippen molar-refractivity contribution in [3.8, 4) is 0 Å². The van der Waals surface area contributed by atoms with Gasteiger partial charge >= 0.3 is 0 Å². The Morgan fingerprint density at radius 1 is 0.867 bits per heavy atom. The molecule has 4 aromatic rings. The van der Waals surface area contributed by atoms with Crippen molar-refractivity contribution in [1.29, 1.82) is 0 Å². The number of aromatic amines is 1. The summed E-state index contributed by atoms with van der Waals surface area (Å²) in [7, 11) is 0. The molecule has 1 atom stereocenters. The van der Waals surface area contributed by atoms with Gasteiger partial charge < -0.3 is 5.32 Å². The second kappa shape index (κ2) is 8.69. The minimum Gasteiger partial charge on any atom is -0.338 e. The molecule has 2 N–H and O–H groups in total. The minimum absolute atomic E-state index is 0.0936. The van der Waals surface area contributed by atoms with Gasteiger partial charge in [0.05, 0.1) is 0 Å². The first-order valence-corrected chi connectivity index (χ1v) is 9.91. The van der Waals surface area contributed by atoms with E-state index < -0.39 is 5.54 Å². The highest BCUT2D eigenvalue weighted by molar-refractivity contribution is 5.79. The van der Waals surface area contributed by atoms with E-state index in [-0.39, 0.29) is 18.2 Å². The summed E-state index contributed by atoms with van der Waals surface area (Å²) >= 11 is 0. The summed E-state index contributed by atoms with van der Waals surface area (Å²) in [5, 5.41) is 17.4. The Kier molecular flexibility index (Phi) is 5.66. The van der Waals surface area contributed by atoms with E-state index in [0.717, 1.165) is 16.7 Å². The van der Waals surface area contributed by atoms with Gasteiger partial charge in [0.2, 0.25) is 5.91 Å². The molecule has 1 aromatic heterocycles. The fraction of sp³-hybridized carbons (Fsp3) is 0.167. The standard InChI is InChI=1S/C24H23N5O/c1-18(23-26-28-29-27-23)17-22(30)25-24(19-11-5-2-6-12-19,20-13-7-3-8-14-20)21-15-9-4-10-16-21/h2-16,18H,17H2,1H3,(H,25,30)(H,26,27,28,29)/t18-/m1/s1. The fourth-order valence-corrected chi connectivity index (χ4v) is 3.79. The molecule has 4 rings (SSSR count). The lowest BCUT2D eigenvalue weighted by atomic mass is 9.76. The van der Waals surface area contributed by atoms with Gasteiger partial charge in [-0.2, -0.15) is 5.21 Å². The number of hydrogen-bond acceptors (Lipinski definition) is 4. The van der Waals surface area contributed by atoms with Crippen LogP contribution < -0.4 is 5.32 Å². The third-order valence-corrected chi connectivity index (χ3v) is 5.24. The number of rotatable bonds is 7. The molecule has 150 valence electrons. The van der Waals surface area contributed by atoms with Crippen LogP contribution in [-0.4, -0.2) is 26.5 Å². The van der Waals surface area contributed by atoms with Crippen molar-refractivity contribution in [3.63, 3.8) is 0 Å². The first-order valence-electron chi connectivity index (χ1n) is 9.91. The third kappa shape index (κ3) is 3.85. The molecule has 0 spiro atoms. The maximum absolute atomic E-state index is 13.3. The zero-order valence-electron chi connectivity index (χ0n) is 16.7. The van der Waals surface area contributed by atoms with Crippen molar-refractivity contribution in [2.75, 3.05) is 0 Å². The molecule has 6 heteroatoms. The van der Waals surface area contributed by atoms with E-state index in [4.69, 9.17) is 0 Å². The quantitative estimate of drug-likeness (QED) is 0.465. The number of nitrogens with one attached hydrogen (secondary N) is 2. The Labute approximate surface area is 175 Å². The lowest BCUT2D eigenvalue weighted by molar-refractivity contribution is -0.122. The van der Waals surface area contributed by atoms with Crippen LogP contribution in [0, 0.1) is 0 Å². The van der Waals surface area contributed by atoms with E-state index in [1.165, 1.54) is 0 Å². The number of H-pyrrole nitrogens is 1. The van der Waals surface area contributed by atoms with Crippen LogP contribution in [0.4, 0.5) is 0 Å². The Balaban J connectivity index is 1.79. The molecule has 3 aromatic carbocycles. The number of carbonyl (C=O) groups excluding carboxylic acids is 1. The van der Waals surface area contributed by atoms with Gasteiger partial charge in [-0.05, 0) is 16.7 Å². The normalized spacial score (nSPS) is 12.3. The topological polar surface area (TPSA) is 83.6 Å². The van der Waals surface area contributed by atoms with Gasteiger partial charge in [-0.3, -0.25) is 4.79 Å². The second-order valence-electron chi connectivity index (χ2n) is 7.27. The number of benzene rings is 3. The zero-order valence-corrected chi connectivity index (χ0v) is 16.7. The molecule has 0 fully saturated rings. The van der Waals surface area contributed by atoms with Crippen molar-refractivity contribution in [3.05, 3.63) is 114 Å². The van der Waals surface area contributed by atoms with Crippen LogP contribution in [0.2, 0.25) is 0 Å². The molecule has 0 saturated heterocycles. The van der Waals surface area contributed by atoms with E-state index in [1.807, 2.05) is 97.9 Å². The average Bonchev–Trinajstić information content (AvgIpc) is 3.34. The predicted octanol–water partition coefficient (Wildman–Crippen LogP) is 3.80. The molecule has 0 aliphatic carbocycles. The number of carbonyl (C=O) groups is 1. The fourth-order valence-electron chi connectivity index (χ4n) is 3.79. The second-order valence-corrected chi connectivity index (χ2v) is 7.27. The molecule has 0 unspecified atom stereocenters. The van der Waals surface area contributed by atoms with Gasteiger partial charge in [-0.25, -0.2) is 0 Å². The molecule has 0 saturated carbocycles. The highest BCUT2D eigenvalue weighted by Gasteiger charge is 2.38. The first-order chi connectivity index (χ1) is 14.7. The van der Waals surface area contributed by atoms with Crippen LogP contribution in [0.5, 0.6) is 0 Å². The largest absolute Gasteiger partial charge is 0.338 e. The van der Waals surface area contributed by atoms with Gasteiger partial charge in [0.1, 0.15) is 5.54 Å². The molecular weight excluding hydrogens is 374 g/mol. The molecule has 0 radical (unpaired) electrons. The summed E-state index contributed by atoms with van der Waals surface area (Å²) in [4.78, 5) is 13.3. The van der Waals surface area contributed by atoms with Crippen molar-refractivity contribution < 1.29 is 4.79 Å². The number of amides is 1. The SMILES string of the molecule is C[C@H](CC(=O)NC(c1ccccc1)(c1ccccc1)c1ccccc1)c1nn[nH]n1. The average molecular weight is 397 g/mol. The molecule has 1 heterocycles. The van der Waals surface area contributed by atoms with Gasteiger partial charge in [-0.1, -0.05) is 103 Å². The van der Waals surface area contributed by atoms with E-state index in [1.54, 1.807) is 0 Å². The maximum Gasteiger partial charge on any atom is 0.221 e. The highest BCUT2D eigenvalue weighted by atomic mass is 16.1. The van der Waals surface area contributed by atoms with E-state index in [9.17, 15) is 4.79 Å². The first kappa shape index (κ1) is 19.5. The smallest absolute Gasteiger partial charge is 0.221 e. The highest BCUT2D eigenvalue weighted by Crippen LogP contribution is 2.37. The van der Waals surface area contributed by atoms with Crippen molar-refractivity contribution in [2.45, 2.75) is 24.8 Å². The summed E-state index contributed by atoms with van der Waals surface area (Å²) in [5.41, 5.74) is 2.14. The van der Waals surface area contributed by atoms with Crippen LogP contribution in [0.3, 0.4) is 0 Å². The number of hydrogen-bond donors (Lipinski definition) is 2. The van der Waals surface area contributed by atoms with Crippen LogP contribution in [0.1, 0.15) is 41.8 Å². The van der Waals surface area contributed by atoms with E-state index in [2.05, 4.69) is 25.9 Å². The summed E-state index contributed by atoms with van der Waals surface area (Å²) in [5.74, 6) is 0.266. The maximum atomic E-state index is 13.3. The summed E-state index contributed by atoms with van der Waals surface area (Å²) in [6.07, 6.45) is 0.244.